The molecule has 1 atom stereocenters. The van der Waals surface area contributed by atoms with E-state index in [0.29, 0.717) is 18.9 Å². The molecule has 1 aromatic carbocycles. The molecule has 116 valence electrons. The second-order valence-electron chi connectivity index (χ2n) is 5.85. The monoisotopic (exact) mass is 310 g/mol. The molecule has 6 heteroatoms. The summed E-state index contributed by atoms with van der Waals surface area (Å²) in [6.07, 6.45) is 0.630. The van der Waals surface area contributed by atoms with E-state index in [1.165, 1.54) is 0 Å². The van der Waals surface area contributed by atoms with E-state index >= 15 is 0 Å². The Morgan fingerprint density at radius 3 is 2.67 bits per heavy atom. The first-order valence-electron chi connectivity index (χ1n) is 7.21. The van der Waals surface area contributed by atoms with Crippen molar-refractivity contribution in [2.75, 3.05) is 23.4 Å². The summed E-state index contributed by atoms with van der Waals surface area (Å²) in [4.78, 5) is 11.9. The minimum atomic E-state index is -2.89. The highest BCUT2D eigenvalue weighted by molar-refractivity contribution is 7.91. The van der Waals surface area contributed by atoms with Crippen molar-refractivity contribution in [3.63, 3.8) is 0 Å². The van der Waals surface area contributed by atoms with Crippen molar-refractivity contribution in [1.29, 1.82) is 0 Å². The molecule has 5 nitrogen and oxygen atoms in total. The van der Waals surface area contributed by atoms with Gasteiger partial charge < -0.3 is 10.6 Å². The number of urea groups is 1. The van der Waals surface area contributed by atoms with Gasteiger partial charge >= 0.3 is 6.03 Å². The Hall–Kier alpha value is -1.56. The molecule has 1 aromatic rings. The number of hydrogen-bond acceptors (Lipinski definition) is 3. The molecule has 1 heterocycles. The summed E-state index contributed by atoms with van der Waals surface area (Å²) in [6, 6.07) is 7.40. The van der Waals surface area contributed by atoms with Crippen LogP contribution in [0, 0.1) is 5.92 Å². The maximum absolute atomic E-state index is 11.9. The zero-order valence-corrected chi connectivity index (χ0v) is 13.2. The predicted molar refractivity (Wildman–Crippen MR) is 84.3 cm³/mol. The fraction of sp³-hybridized carbons (Fsp3) is 0.533. The van der Waals surface area contributed by atoms with Gasteiger partial charge in [0.25, 0.3) is 0 Å². The quantitative estimate of drug-likeness (QED) is 0.896. The van der Waals surface area contributed by atoms with Gasteiger partial charge in [-0.1, -0.05) is 32.0 Å². The Morgan fingerprint density at radius 2 is 2.05 bits per heavy atom. The van der Waals surface area contributed by atoms with Crippen molar-refractivity contribution in [2.24, 2.45) is 5.92 Å². The zero-order valence-electron chi connectivity index (χ0n) is 12.4. The van der Waals surface area contributed by atoms with E-state index in [1.54, 1.807) is 0 Å². The van der Waals surface area contributed by atoms with E-state index in [9.17, 15) is 13.2 Å². The Bertz CT molecular complexity index is 611. The first-order valence-corrected chi connectivity index (χ1v) is 9.04. The van der Waals surface area contributed by atoms with Crippen LogP contribution in [-0.4, -0.2) is 32.5 Å². The average molecular weight is 310 g/mol. The second kappa shape index (κ2) is 6.47. The van der Waals surface area contributed by atoms with Crippen LogP contribution in [-0.2, 0) is 9.84 Å². The van der Waals surface area contributed by atoms with Crippen LogP contribution in [0.3, 0.4) is 0 Å². The van der Waals surface area contributed by atoms with Crippen molar-refractivity contribution in [2.45, 2.75) is 26.2 Å². The van der Waals surface area contributed by atoms with E-state index in [0.717, 1.165) is 11.3 Å². The fourth-order valence-electron chi connectivity index (χ4n) is 2.55. The van der Waals surface area contributed by atoms with Crippen LogP contribution >= 0.6 is 0 Å². The lowest BCUT2D eigenvalue weighted by Crippen LogP contribution is -2.33. The minimum Gasteiger partial charge on any atom is -0.338 e. The van der Waals surface area contributed by atoms with Crippen molar-refractivity contribution < 1.29 is 13.2 Å². The Morgan fingerprint density at radius 1 is 1.33 bits per heavy atom. The molecule has 21 heavy (non-hydrogen) atoms. The Kier molecular flexibility index (Phi) is 4.88. The van der Waals surface area contributed by atoms with Crippen molar-refractivity contribution >= 4 is 21.6 Å². The third-order valence-electron chi connectivity index (χ3n) is 3.71. The van der Waals surface area contributed by atoms with Crippen LogP contribution in [0.15, 0.2) is 24.3 Å². The molecule has 0 radical (unpaired) electrons. The number of carbonyl (C=O) groups excluding carboxylic acids is 1. The largest absolute Gasteiger partial charge is 0.338 e. The third kappa shape index (κ3) is 4.46. The molecule has 1 aliphatic rings. The van der Waals surface area contributed by atoms with Crippen molar-refractivity contribution in [1.82, 2.24) is 5.32 Å². The number of nitrogens with one attached hydrogen (secondary N) is 2. The van der Waals surface area contributed by atoms with Crippen LogP contribution in [0.4, 0.5) is 10.5 Å². The van der Waals surface area contributed by atoms with Gasteiger partial charge in [-0.3, -0.25) is 0 Å². The molecular weight excluding hydrogens is 288 g/mol. The minimum absolute atomic E-state index is 0.0288. The van der Waals surface area contributed by atoms with Crippen LogP contribution in [0.1, 0.15) is 31.7 Å². The van der Waals surface area contributed by atoms with Gasteiger partial charge in [0.2, 0.25) is 0 Å². The van der Waals surface area contributed by atoms with Gasteiger partial charge in [-0.05, 0) is 29.9 Å². The summed E-state index contributed by atoms with van der Waals surface area (Å²) >= 11 is 0. The number of amides is 2. The van der Waals surface area contributed by atoms with Crippen LogP contribution < -0.4 is 10.6 Å². The van der Waals surface area contributed by atoms with E-state index < -0.39 is 9.84 Å². The molecule has 0 aromatic heterocycles. The SMILES string of the molecule is CC(C)c1ccccc1NC(=O)NCC1CCS(=O)(=O)C1. The van der Waals surface area contributed by atoms with Crippen molar-refractivity contribution in [3.8, 4) is 0 Å². The molecule has 2 N–H and O–H groups in total. The van der Waals surface area contributed by atoms with Gasteiger partial charge in [0.15, 0.2) is 9.84 Å². The smallest absolute Gasteiger partial charge is 0.319 e. The maximum atomic E-state index is 11.9. The first kappa shape index (κ1) is 15.8. The number of benzene rings is 1. The fourth-order valence-corrected chi connectivity index (χ4v) is 4.41. The van der Waals surface area contributed by atoms with Crippen LogP contribution in [0.5, 0.6) is 0 Å². The molecule has 2 amide bonds. The molecule has 0 aliphatic carbocycles. The van der Waals surface area contributed by atoms with Crippen molar-refractivity contribution in [3.05, 3.63) is 29.8 Å². The van der Waals surface area contributed by atoms with Crippen LogP contribution in [0.25, 0.3) is 0 Å². The molecule has 1 saturated heterocycles. The highest BCUT2D eigenvalue weighted by Crippen LogP contribution is 2.23. The summed E-state index contributed by atoms with van der Waals surface area (Å²) < 4.78 is 22.7. The highest BCUT2D eigenvalue weighted by atomic mass is 32.2. The molecule has 1 fully saturated rings. The number of para-hydroxylation sites is 1. The highest BCUT2D eigenvalue weighted by Gasteiger charge is 2.27. The number of sulfone groups is 1. The Balaban J connectivity index is 1.88. The number of hydrogen-bond donors (Lipinski definition) is 2. The lowest BCUT2D eigenvalue weighted by molar-refractivity contribution is 0.250. The molecule has 0 bridgehead atoms. The summed E-state index contributed by atoms with van der Waals surface area (Å²) in [5.74, 6) is 0.759. The lowest BCUT2D eigenvalue weighted by atomic mass is 10.0. The van der Waals surface area contributed by atoms with Crippen LogP contribution in [0.2, 0.25) is 0 Å². The number of carbonyl (C=O) groups is 1. The second-order valence-corrected chi connectivity index (χ2v) is 8.07. The lowest BCUT2D eigenvalue weighted by Gasteiger charge is -2.15. The molecular formula is C15H22N2O3S. The standard InChI is InChI=1S/C15H22N2O3S/c1-11(2)13-5-3-4-6-14(13)17-15(18)16-9-12-7-8-21(19,20)10-12/h3-6,11-12H,7-10H2,1-2H3,(H2,16,17,18). The van der Waals surface area contributed by atoms with Gasteiger partial charge in [-0.2, -0.15) is 0 Å². The first-order chi connectivity index (χ1) is 9.87. The van der Waals surface area contributed by atoms with E-state index in [2.05, 4.69) is 24.5 Å². The molecule has 1 unspecified atom stereocenters. The third-order valence-corrected chi connectivity index (χ3v) is 5.55. The number of rotatable bonds is 4. The molecule has 2 rings (SSSR count). The van der Waals surface area contributed by atoms with Gasteiger partial charge in [0.05, 0.1) is 11.5 Å². The normalized spacial score (nSPS) is 20.4. The number of anilines is 1. The summed E-state index contributed by atoms with van der Waals surface area (Å²) in [5.41, 5.74) is 1.88. The molecule has 1 aliphatic heterocycles. The summed E-state index contributed by atoms with van der Waals surface area (Å²) in [6.45, 7) is 4.54. The molecule has 0 spiro atoms. The average Bonchev–Trinajstić information content (AvgIpc) is 2.76. The molecule has 0 saturated carbocycles. The van der Waals surface area contributed by atoms with Gasteiger partial charge in [0, 0.05) is 12.2 Å². The van der Waals surface area contributed by atoms with E-state index in [4.69, 9.17) is 0 Å². The van der Waals surface area contributed by atoms with E-state index in [1.807, 2.05) is 24.3 Å². The van der Waals surface area contributed by atoms with Gasteiger partial charge in [-0.25, -0.2) is 13.2 Å². The summed E-state index contributed by atoms with van der Waals surface area (Å²) in [7, 11) is -2.89. The zero-order chi connectivity index (χ0) is 15.5. The maximum Gasteiger partial charge on any atom is 0.319 e. The predicted octanol–water partition coefficient (Wildman–Crippen LogP) is 2.37. The topological polar surface area (TPSA) is 75.3 Å². The summed E-state index contributed by atoms with van der Waals surface area (Å²) in [5, 5.41) is 5.60. The van der Waals surface area contributed by atoms with Gasteiger partial charge in [0.1, 0.15) is 0 Å². The Labute approximate surface area is 126 Å². The van der Waals surface area contributed by atoms with E-state index in [-0.39, 0.29) is 23.5 Å². The van der Waals surface area contributed by atoms with Gasteiger partial charge in [-0.15, -0.1) is 0 Å².